The molecular formula is C18H17IN2O4S. The van der Waals surface area contributed by atoms with E-state index in [9.17, 15) is 14.4 Å². The number of nitrogens with zero attached hydrogens (tertiary/aromatic N) is 1. The summed E-state index contributed by atoms with van der Waals surface area (Å²) in [7, 11) is 1.32. The second-order valence-electron chi connectivity index (χ2n) is 5.82. The van der Waals surface area contributed by atoms with Gasteiger partial charge in [-0.1, -0.05) is 12.1 Å². The van der Waals surface area contributed by atoms with Crippen molar-refractivity contribution in [1.82, 2.24) is 4.90 Å². The van der Waals surface area contributed by atoms with E-state index in [-0.39, 0.29) is 11.8 Å². The molecule has 0 saturated heterocycles. The second kappa shape index (κ2) is 7.75. The molecule has 0 atom stereocenters. The van der Waals surface area contributed by atoms with Gasteiger partial charge >= 0.3 is 5.97 Å². The fraction of sp³-hybridized carbons (Fsp3) is 0.278. The van der Waals surface area contributed by atoms with Crippen molar-refractivity contribution in [2.75, 3.05) is 19.0 Å². The van der Waals surface area contributed by atoms with Crippen molar-refractivity contribution in [3.8, 4) is 0 Å². The van der Waals surface area contributed by atoms with E-state index in [1.54, 1.807) is 17.0 Å². The van der Waals surface area contributed by atoms with Gasteiger partial charge in [0.15, 0.2) is 0 Å². The van der Waals surface area contributed by atoms with Gasteiger partial charge in [-0.05, 0) is 46.7 Å². The molecule has 0 radical (unpaired) electrons. The largest absolute Gasteiger partial charge is 0.465 e. The maximum absolute atomic E-state index is 12.7. The fourth-order valence-corrected chi connectivity index (χ4v) is 4.77. The highest BCUT2D eigenvalue weighted by molar-refractivity contribution is 14.1. The molecule has 1 aromatic carbocycles. The van der Waals surface area contributed by atoms with E-state index >= 15 is 0 Å². The van der Waals surface area contributed by atoms with Gasteiger partial charge in [-0.3, -0.25) is 9.59 Å². The Morgan fingerprint density at radius 3 is 2.65 bits per heavy atom. The number of thiophene rings is 1. The summed E-state index contributed by atoms with van der Waals surface area (Å²) in [5.74, 6) is -0.757. The molecule has 0 saturated carbocycles. The second-order valence-corrected chi connectivity index (χ2v) is 8.09. The Kier molecular flexibility index (Phi) is 5.61. The van der Waals surface area contributed by atoms with Crippen molar-refractivity contribution in [2.45, 2.75) is 19.9 Å². The number of nitrogens with one attached hydrogen (secondary N) is 1. The number of ether oxygens (including phenoxy) is 1. The summed E-state index contributed by atoms with van der Waals surface area (Å²) in [5.41, 5.74) is 1.80. The maximum Gasteiger partial charge on any atom is 0.341 e. The summed E-state index contributed by atoms with van der Waals surface area (Å²) < 4.78 is 5.75. The Morgan fingerprint density at radius 1 is 1.27 bits per heavy atom. The lowest BCUT2D eigenvalue weighted by Gasteiger charge is -2.25. The number of hydrogen-bond acceptors (Lipinski definition) is 5. The standard InChI is InChI=1S/C18H17IN2O4S/c1-10(22)21-8-7-12-14(9-21)26-17(15(12)18(24)25-2)20-16(23)11-5-3-4-6-13(11)19/h3-6H,7-9H2,1-2H3,(H,20,23). The van der Waals surface area contributed by atoms with Crippen LogP contribution in [0.1, 0.15) is 38.1 Å². The van der Waals surface area contributed by atoms with Crippen LogP contribution in [-0.4, -0.2) is 36.3 Å². The van der Waals surface area contributed by atoms with E-state index in [2.05, 4.69) is 27.9 Å². The van der Waals surface area contributed by atoms with Crippen LogP contribution in [0.4, 0.5) is 5.00 Å². The number of halogens is 1. The van der Waals surface area contributed by atoms with Gasteiger partial charge in [0, 0.05) is 21.9 Å². The van der Waals surface area contributed by atoms with E-state index in [1.807, 2.05) is 12.1 Å². The number of fused-ring (bicyclic) bond motifs is 1. The molecule has 0 spiro atoms. The minimum absolute atomic E-state index is 0.00640. The zero-order valence-corrected chi connectivity index (χ0v) is 17.3. The van der Waals surface area contributed by atoms with E-state index < -0.39 is 5.97 Å². The third kappa shape index (κ3) is 3.61. The Balaban J connectivity index is 1.97. The summed E-state index contributed by atoms with van der Waals surface area (Å²) in [6.07, 6.45) is 0.564. The fourth-order valence-electron chi connectivity index (χ4n) is 2.89. The van der Waals surface area contributed by atoms with E-state index in [0.717, 1.165) is 14.0 Å². The molecule has 8 heteroatoms. The summed E-state index contributed by atoms with van der Waals surface area (Å²) in [6.45, 7) is 2.52. The smallest absolute Gasteiger partial charge is 0.341 e. The molecule has 1 N–H and O–H groups in total. The van der Waals surface area contributed by atoms with Crippen LogP contribution in [0.15, 0.2) is 24.3 Å². The highest BCUT2D eigenvalue weighted by atomic mass is 127. The van der Waals surface area contributed by atoms with Crippen LogP contribution in [0.3, 0.4) is 0 Å². The van der Waals surface area contributed by atoms with E-state index in [4.69, 9.17) is 4.74 Å². The first kappa shape index (κ1) is 18.8. The molecule has 1 aliphatic heterocycles. The van der Waals surface area contributed by atoms with E-state index in [0.29, 0.717) is 35.6 Å². The topological polar surface area (TPSA) is 75.7 Å². The van der Waals surface area contributed by atoms with Gasteiger partial charge in [-0.2, -0.15) is 0 Å². The first-order valence-corrected chi connectivity index (χ1v) is 9.86. The quantitative estimate of drug-likeness (QED) is 0.536. The number of rotatable bonds is 3. The van der Waals surface area contributed by atoms with Crippen molar-refractivity contribution in [3.05, 3.63) is 49.4 Å². The number of carbonyl (C=O) groups is 3. The van der Waals surface area contributed by atoms with Crippen molar-refractivity contribution >= 4 is 56.7 Å². The molecule has 0 bridgehead atoms. The Morgan fingerprint density at radius 2 is 2.00 bits per heavy atom. The van der Waals surface area contributed by atoms with Crippen LogP contribution >= 0.6 is 33.9 Å². The number of hydrogen-bond donors (Lipinski definition) is 1. The normalized spacial score (nSPS) is 13.1. The van der Waals surface area contributed by atoms with Crippen LogP contribution in [0.5, 0.6) is 0 Å². The Labute approximate surface area is 168 Å². The minimum Gasteiger partial charge on any atom is -0.465 e. The first-order chi connectivity index (χ1) is 12.4. The number of anilines is 1. The minimum atomic E-state index is -0.475. The number of methoxy groups -OCH3 is 1. The molecule has 1 aliphatic rings. The van der Waals surface area contributed by atoms with Crippen LogP contribution in [0.2, 0.25) is 0 Å². The van der Waals surface area contributed by atoms with Gasteiger partial charge in [-0.15, -0.1) is 11.3 Å². The summed E-state index contributed by atoms with van der Waals surface area (Å²) >= 11 is 3.43. The van der Waals surface area contributed by atoms with Crippen LogP contribution < -0.4 is 5.32 Å². The summed E-state index contributed by atoms with van der Waals surface area (Å²) in [6, 6.07) is 7.24. The van der Waals surface area contributed by atoms with Gasteiger partial charge in [0.25, 0.3) is 5.91 Å². The monoisotopic (exact) mass is 484 g/mol. The molecule has 26 heavy (non-hydrogen) atoms. The highest BCUT2D eigenvalue weighted by Gasteiger charge is 2.30. The maximum atomic E-state index is 12.7. The van der Waals surface area contributed by atoms with Gasteiger partial charge in [-0.25, -0.2) is 4.79 Å². The molecule has 6 nitrogen and oxygen atoms in total. The molecule has 2 amide bonds. The Bertz CT molecular complexity index is 893. The van der Waals surface area contributed by atoms with Gasteiger partial charge in [0.1, 0.15) is 5.00 Å². The predicted octanol–water partition coefficient (Wildman–Crippen LogP) is 3.30. The third-order valence-electron chi connectivity index (χ3n) is 4.24. The van der Waals surface area contributed by atoms with Crippen LogP contribution in [-0.2, 0) is 22.5 Å². The van der Waals surface area contributed by atoms with Crippen LogP contribution in [0.25, 0.3) is 0 Å². The molecule has 0 unspecified atom stereocenters. The lowest BCUT2D eigenvalue weighted by atomic mass is 10.0. The Hall–Kier alpha value is -1.94. The number of carbonyl (C=O) groups excluding carboxylic acids is 3. The first-order valence-electron chi connectivity index (χ1n) is 7.96. The van der Waals surface area contributed by atoms with Crippen LogP contribution in [0, 0.1) is 3.57 Å². The number of benzene rings is 1. The lowest BCUT2D eigenvalue weighted by molar-refractivity contribution is -0.129. The zero-order chi connectivity index (χ0) is 18.8. The van der Waals surface area contributed by atoms with Gasteiger partial charge in [0.05, 0.1) is 24.8 Å². The molecule has 2 aromatic rings. The molecule has 0 aliphatic carbocycles. The third-order valence-corrected chi connectivity index (χ3v) is 6.31. The summed E-state index contributed by atoms with van der Waals surface area (Å²) in [4.78, 5) is 39.3. The molecule has 3 rings (SSSR count). The molecule has 0 fully saturated rings. The lowest BCUT2D eigenvalue weighted by Crippen LogP contribution is -2.33. The van der Waals surface area contributed by atoms with Gasteiger partial charge in [0.2, 0.25) is 5.91 Å². The van der Waals surface area contributed by atoms with Crippen molar-refractivity contribution in [2.24, 2.45) is 0 Å². The molecular weight excluding hydrogens is 467 g/mol. The summed E-state index contributed by atoms with van der Waals surface area (Å²) in [5, 5.41) is 3.32. The average Bonchev–Trinajstić information content (AvgIpc) is 2.98. The number of esters is 1. The van der Waals surface area contributed by atoms with Crippen molar-refractivity contribution in [3.63, 3.8) is 0 Å². The number of amides is 2. The van der Waals surface area contributed by atoms with E-state index in [1.165, 1.54) is 25.4 Å². The van der Waals surface area contributed by atoms with Crippen molar-refractivity contribution in [1.29, 1.82) is 0 Å². The highest BCUT2D eigenvalue weighted by Crippen LogP contribution is 2.38. The molecule has 1 aromatic heterocycles. The van der Waals surface area contributed by atoms with Crippen molar-refractivity contribution < 1.29 is 19.1 Å². The molecule has 136 valence electrons. The van der Waals surface area contributed by atoms with Gasteiger partial charge < -0.3 is 15.0 Å². The predicted molar refractivity (Wildman–Crippen MR) is 108 cm³/mol. The SMILES string of the molecule is COC(=O)c1c(NC(=O)c2ccccc2I)sc2c1CCN(C(C)=O)C2. The average molecular weight is 484 g/mol. The molecule has 2 heterocycles. The zero-order valence-electron chi connectivity index (χ0n) is 14.3.